The Labute approximate surface area is 165 Å². The molecule has 6 rings (SSSR count). The molecule has 28 heavy (non-hydrogen) atoms. The van der Waals surface area contributed by atoms with Crippen LogP contribution in [-0.2, 0) is 7.05 Å². The Hall–Kier alpha value is -2.34. The summed E-state index contributed by atoms with van der Waals surface area (Å²) in [4.78, 5) is 8.67. The minimum absolute atomic E-state index is 0.774. The van der Waals surface area contributed by atoms with Crippen LogP contribution in [0.4, 0.5) is 5.95 Å². The minimum atomic E-state index is 0.774. The molecule has 6 nitrogen and oxygen atoms in total. The SMILES string of the molecule is Cn1c(-c2c[nH]c3ccccc23)nnc1N1CCC2C(CCCN2C2CC2)C1. The molecule has 2 saturated heterocycles. The Bertz CT molecular complexity index is 1000. The molecule has 0 radical (unpaired) electrons. The topological polar surface area (TPSA) is 53.0 Å². The van der Waals surface area contributed by atoms with Crippen molar-refractivity contribution in [2.24, 2.45) is 13.0 Å². The van der Waals surface area contributed by atoms with E-state index in [2.05, 4.69) is 67.1 Å². The first kappa shape index (κ1) is 16.6. The fraction of sp³-hybridized carbons (Fsp3) is 0.545. The number of nitrogens with one attached hydrogen (secondary N) is 1. The van der Waals surface area contributed by atoms with Crippen molar-refractivity contribution in [1.29, 1.82) is 0 Å². The van der Waals surface area contributed by atoms with Crippen LogP contribution in [0.25, 0.3) is 22.3 Å². The van der Waals surface area contributed by atoms with E-state index in [1.165, 1.54) is 44.0 Å². The zero-order chi connectivity index (χ0) is 18.7. The zero-order valence-electron chi connectivity index (χ0n) is 16.5. The number of anilines is 1. The summed E-state index contributed by atoms with van der Waals surface area (Å²) < 4.78 is 2.18. The van der Waals surface area contributed by atoms with Crippen LogP contribution in [0, 0.1) is 5.92 Å². The lowest BCUT2D eigenvalue weighted by Gasteiger charge is -2.47. The smallest absolute Gasteiger partial charge is 0.227 e. The van der Waals surface area contributed by atoms with Crippen LogP contribution in [-0.4, -0.2) is 56.4 Å². The van der Waals surface area contributed by atoms with Gasteiger partial charge in [-0.15, -0.1) is 10.2 Å². The molecule has 0 amide bonds. The highest BCUT2D eigenvalue weighted by atomic mass is 15.4. The summed E-state index contributed by atoms with van der Waals surface area (Å²) in [6.07, 6.45) is 8.87. The van der Waals surface area contributed by atoms with E-state index in [1.54, 1.807) is 0 Å². The number of aromatic nitrogens is 4. The normalized spacial score (nSPS) is 26.0. The van der Waals surface area contributed by atoms with Crippen molar-refractivity contribution >= 4 is 16.9 Å². The van der Waals surface area contributed by atoms with E-state index in [0.29, 0.717) is 0 Å². The van der Waals surface area contributed by atoms with E-state index in [0.717, 1.165) is 53.9 Å². The molecule has 2 aliphatic heterocycles. The molecule has 3 aliphatic rings. The van der Waals surface area contributed by atoms with E-state index in [-0.39, 0.29) is 0 Å². The Kier molecular flexibility index (Phi) is 3.76. The van der Waals surface area contributed by atoms with Crippen molar-refractivity contribution in [3.8, 4) is 11.4 Å². The highest BCUT2D eigenvalue weighted by molar-refractivity contribution is 5.93. The maximum absolute atomic E-state index is 4.62. The van der Waals surface area contributed by atoms with Crippen LogP contribution in [0.2, 0.25) is 0 Å². The molecule has 1 aromatic carbocycles. The first-order chi connectivity index (χ1) is 13.8. The third kappa shape index (κ3) is 2.58. The number of likely N-dealkylation sites (tertiary alicyclic amines) is 1. The lowest BCUT2D eigenvalue weighted by Crippen LogP contribution is -2.55. The van der Waals surface area contributed by atoms with Gasteiger partial charge in [0.05, 0.1) is 0 Å². The number of nitrogens with zero attached hydrogens (tertiary/aromatic N) is 5. The summed E-state index contributed by atoms with van der Waals surface area (Å²) in [5.74, 6) is 2.73. The quantitative estimate of drug-likeness (QED) is 0.761. The number of H-pyrrole nitrogens is 1. The van der Waals surface area contributed by atoms with Gasteiger partial charge in [0.15, 0.2) is 5.82 Å². The summed E-state index contributed by atoms with van der Waals surface area (Å²) in [5.41, 5.74) is 2.27. The molecule has 0 bridgehead atoms. The zero-order valence-corrected chi connectivity index (χ0v) is 16.5. The molecule has 0 spiro atoms. The molecular weight excluding hydrogens is 348 g/mol. The summed E-state index contributed by atoms with van der Waals surface area (Å²) >= 11 is 0. The third-order valence-corrected chi connectivity index (χ3v) is 7.09. The highest BCUT2D eigenvalue weighted by Gasteiger charge is 2.42. The molecule has 2 aromatic heterocycles. The van der Waals surface area contributed by atoms with Gasteiger partial charge in [-0.05, 0) is 50.6 Å². The fourth-order valence-electron chi connectivity index (χ4n) is 5.57. The van der Waals surface area contributed by atoms with Crippen LogP contribution < -0.4 is 4.90 Å². The second kappa shape index (κ2) is 6.34. The van der Waals surface area contributed by atoms with Crippen molar-refractivity contribution < 1.29 is 0 Å². The lowest BCUT2D eigenvalue weighted by atomic mass is 9.84. The number of hydrogen-bond acceptors (Lipinski definition) is 4. The molecule has 3 fully saturated rings. The molecule has 4 heterocycles. The first-order valence-electron chi connectivity index (χ1n) is 10.8. The van der Waals surface area contributed by atoms with Gasteiger partial charge in [-0.2, -0.15) is 0 Å². The van der Waals surface area contributed by atoms with Gasteiger partial charge >= 0.3 is 0 Å². The van der Waals surface area contributed by atoms with Gasteiger partial charge in [-0.3, -0.25) is 9.47 Å². The molecule has 1 N–H and O–H groups in total. The summed E-state index contributed by atoms with van der Waals surface area (Å²) in [5, 5.41) is 10.4. The molecular formula is C22H28N6. The molecule has 2 atom stereocenters. The Morgan fingerprint density at radius 1 is 1.04 bits per heavy atom. The number of aromatic amines is 1. The minimum Gasteiger partial charge on any atom is -0.360 e. The predicted octanol–water partition coefficient (Wildman–Crippen LogP) is 3.42. The van der Waals surface area contributed by atoms with Crippen LogP contribution in [0.3, 0.4) is 0 Å². The standard InChI is InChI=1S/C22H28N6/c1-26-21(18-13-23-19-7-3-2-6-17(18)19)24-25-22(26)27-12-10-20-15(14-27)5-4-11-28(20)16-8-9-16/h2-3,6-7,13,15-16,20,23H,4-5,8-12,14H2,1H3. The maximum atomic E-state index is 4.62. The average molecular weight is 377 g/mol. The summed E-state index contributed by atoms with van der Waals surface area (Å²) in [6.45, 7) is 3.53. The molecule has 3 aromatic rings. The number of benzene rings is 1. The maximum Gasteiger partial charge on any atom is 0.227 e. The van der Waals surface area contributed by atoms with E-state index in [1.807, 2.05) is 0 Å². The van der Waals surface area contributed by atoms with Crippen LogP contribution >= 0.6 is 0 Å². The molecule has 1 aliphatic carbocycles. The van der Waals surface area contributed by atoms with E-state index in [4.69, 9.17) is 0 Å². The van der Waals surface area contributed by atoms with E-state index in [9.17, 15) is 0 Å². The number of rotatable bonds is 3. The van der Waals surface area contributed by atoms with Crippen LogP contribution in [0.1, 0.15) is 32.1 Å². The van der Waals surface area contributed by atoms with Crippen LogP contribution in [0.5, 0.6) is 0 Å². The van der Waals surface area contributed by atoms with Crippen molar-refractivity contribution in [3.63, 3.8) is 0 Å². The molecule has 146 valence electrons. The second-order valence-corrected chi connectivity index (χ2v) is 8.80. The van der Waals surface area contributed by atoms with Crippen molar-refractivity contribution in [3.05, 3.63) is 30.5 Å². The number of para-hydroxylation sites is 1. The Balaban J connectivity index is 1.27. The number of piperidine rings is 2. The Morgan fingerprint density at radius 3 is 2.82 bits per heavy atom. The number of fused-ring (bicyclic) bond motifs is 2. The highest BCUT2D eigenvalue weighted by Crippen LogP contribution is 2.39. The van der Waals surface area contributed by atoms with Gasteiger partial charge in [0, 0.05) is 54.9 Å². The van der Waals surface area contributed by atoms with Gasteiger partial charge in [0.2, 0.25) is 5.95 Å². The van der Waals surface area contributed by atoms with Gasteiger partial charge in [-0.1, -0.05) is 18.2 Å². The average Bonchev–Trinajstić information content (AvgIpc) is 3.39. The van der Waals surface area contributed by atoms with Gasteiger partial charge in [0.25, 0.3) is 0 Å². The van der Waals surface area contributed by atoms with Gasteiger partial charge in [-0.25, -0.2) is 0 Å². The van der Waals surface area contributed by atoms with E-state index < -0.39 is 0 Å². The monoisotopic (exact) mass is 376 g/mol. The van der Waals surface area contributed by atoms with E-state index >= 15 is 0 Å². The largest absolute Gasteiger partial charge is 0.360 e. The molecule has 1 saturated carbocycles. The summed E-state index contributed by atoms with van der Waals surface area (Å²) in [6, 6.07) is 10.1. The van der Waals surface area contributed by atoms with Crippen molar-refractivity contribution in [2.75, 3.05) is 24.5 Å². The molecule has 6 heteroatoms. The van der Waals surface area contributed by atoms with Gasteiger partial charge in [0.1, 0.15) is 0 Å². The molecule has 2 unspecified atom stereocenters. The van der Waals surface area contributed by atoms with Crippen molar-refractivity contribution in [2.45, 2.75) is 44.2 Å². The lowest BCUT2D eigenvalue weighted by molar-refractivity contribution is 0.0693. The van der Waals surface area contributed by atoms with Gasteiger partial charge < -0.3 is 9.88 Å². The van der Waals surface area contributed by atoms with Crippen LogP contribution in [0.15, 0.2) is 30.5 Å². The predicted molar refractivity (Wildman–Crippen MR) is 111 cm³/mol. The fourth-order valence-corrected chi connectivity index (χ4v) is 5.57. The third-order valence-electron chi connectivity index (χ3n) is 7.09. The van der Waals surface area contributed by atoms with Crippen molar-refractivity contribution in [1.82, 2.24) is 24.6 Å². The summed E-state index contributed by atoms with van der Waals surface area (Å²) in [7, 11) is 2.11. The first-order valence-corrected chi connectivity index (χ1v) is 10.8. The Morgan fingerprint density at radius 2 is 1.93 bits per heavy atom. The second-order valence-electron chi connectivity index (χ2n) is 8.80. The number of hydrogen-bond donors (Lipinski definition) is 1.